The van der Waals surface area contributed by atoms with Crippen molar-refractivity contribution in [3.63, 3.8) is 0 Å². The summed E-state index contributed by atoms with van der Waals surface area (Å²) >= 11 is 0. The van der Waals surface area contributed by atoms with E-state index >= 15 is 0 Å². The van der Waals surface area contributed by atoms with E-state index in [4.69, 9.17) is 14.2 Å². The van der Waals surface area contributed by atoms with E-state index < -0.39 is 6.10 Å². The second-order valence-corrected chi connectivity index (χ2v) is 20.2. The molecule has 0 bridgehead atoms. The number of esters is 3. The largest absolute Gasteiger partial charge is 0.462 e. The molecule has 0 aromatic heterocycles. The molecule has 406 valence electrons. The van der Waals surface area contributed by atoms with Crippen LogP contribution in [0, 0.1) is 0 Å². The summed E-state index contributed by atoms with van der Waals surface area (Å²) in [7, 11) is 0. The molecule has 0 amide bonds. The van der Waals surface area contributed by atoms with E-state index in [1.165, 1.54) is 180 Å². The predicted octanol–water partition coefficient (Wildman–Crippen LogP) is 20.4. The topological polar surface area (TPSA) is 78.9 Å². The lowest BCUT2D eigenvalue weighted by Crippen LogP contribution is -2.30. The van der Waals surface area contributed by atoms with E-state index in [-0.39, 0.29) is 31.1 Å². The maximum atomic E-state index is 12.8. The van der Waals surface area contributed by atoms with Crippen LogP contribution in [0.2, 0.25) is 0 Å². The molecule has 0 fully saturated rings. The molecule has 0 saturated heterocycles. The number of carbonyl (C=O) groups is 3. The van der Waals surface area contributed by atoms with Crippen molar-refractivity contribution in [3.05, 3.63) is 60.8 Å². The van der Waals surface area contributed by atoms with Gasteiger partial charge in [-0.25, -0.2) is 0 Å². The van der Waals surface area contributed by atoms with Gasteiger partial charge in [0.2, 0.25) is 0 Å². The molecule has 0 radical (unpaired) electrons. The van der Waals surface area contributed by atoms with Gasteiger partial charge in [0.1, 0.15) is 13.2 Å². The first-order chi connectivity index (χ1) is 34.5. The zero-order chi connectivity index (χ0) is 50.7. The van der Waals surface area contributed by atoms with Gasteiger partial charge in [0.15, 0.2) is 6.10 Å². The summed E-state index contributed by atoms with van der Waals surface area (Å²) < 4.78 is 16.8. The Hall–Kier alpha value is -2.89. The summed E-state index contributed by atoms with van der Waals surface area (Å²) in [6, 6.07) is 0. The standard InChI is InChI=1S/C64H114O6/c1-4-7-10-13-16-19-21-23-25-26-27-28-29-30-31-32-33-34-35-36-37-38-40-41-43-45-48-51-54-57-63(66)69-60-61(59-68-62(65)56-53-50-47-18-15-12-9-6-3)70-64(67)58-55-52-49-46-44-42-39-24-22-20-17-14-11-8-5-2/h7,10,16,19,23,25,27-28,30-31,61H,4-6,8-9,11-15,17-18,20-22,24,26,29,32-60H2,1-3H3/b10-7-,19-16-,25-23-,28-27-,31-30-. The molecule has 1 atom stereocenters. The van der Waals surface area contributed by atoms with Crippen LogP contribution in [-0.4, -0.2) is 37.2 Å². The van der Waals surface area contributed by atoms with Crippen LogP contribution in [0.4, 0.5) is 0 Å². The zero-order valence-electron chi connectivity index (χ0n) is 46.5. The number of hydrogen-bond acceptors (Lipinski definition) is 6. The molecule has 0 N–H and O–H groups in total. The Labute approximate surface area is 434 Å². The molecule has 0 heterocycles. The second-order valence-electron chi connectivity index (χ2n) is 20.2. The quantitative estimate of drug-likeness (QED) is 0.0261. The highest BCUT2D eigenvalue weighted by molar-refractivity contribution is 5.71. The maximum absolute atomic E-state index is 12.8. The molecule has 0 aromatic rings. The van der Waals surface area contributed by atoms with Crippen molar-refractivity contribution < 1.29 is 28.6 Å². The molecule has 70 heavy (non-hydrogen) atoms. The number of rotatable bonds is 55. The molecule has 0 aliphatic carbocycles. The van der Waals surface area contributed by atoms with Crippen LogP contribution < -0.4 is 0 Å². The smallest absolute Gasteiger partial charge is 0.306 e. The molecular formula is C64H114O6. The molecule has 0 saturated carbocycles. The van der Waals surface area contributed by atoms with E-state index in [0.717, 1.165) is 89.9 Å². The van der Waals surface area contributed by atoms with Gasteiger partial charge in [0.25, 0.3) is 0 Å². The van der Waals surface area contributed by atoms with Gasteiger partial charge in [-0.05, 0) is 64.2 Å². The van der Waals surface area contributed by atoms with Crippen molar-refractivity contribution in [1.82, 2.24) is 0 Å². The second kappa shape index (κ2) is 58.7. The van der Waals surface area contributed by atoms with Crippen LogP contribution in [0.15, 0.2) is 60.8 Å². The Bertz CT molecular complexity index is 1260. The Balaban J connectivity index is 4.10. The van der Waals surface area contributed by atoms with Gasteiger partial charge < -0.3 is 14.2 Å². The van der Waals surface area contributed by atoms with Gasteiger partial charge in [-0.3, -0.25) is 14.4 Å². The first-order valence-corrected chi connectivity index (χ1v) is 30.3. The third-order valence-electron chi connectivity index (χ3n) is 13.3. The Morgan fingerprint density at radius 1 is 0.300 bits per heavy atom. The van der Waals surface area contributed by atoms with Crippen molar-refractivity contribution in [2.75, 3.05) is 13.2 Å². The van der Waals surface area contributed by atoms with Crippen LogP contribution in [0.3, 0.4) is 0 Å². The van der Waals surface area contributed by atoms with Gasteiger partial charge in [-0.15, -0.1) is 0 Å². The Morgan fingerprint density at radius 2 is 0.557 bits per heavy atom. The summed E-state index contributed by atoms with van der Waals surface area (Å²) in [4.78, 5) is 38.0. The minimum absolute atomic E-state index is 0.0693. The van der Waals surface area contributed by atoms with Crippen molar-refractivity contribution in [1.29, 1.82) is 0 Å². The van der Waals surface area contributed by atoms with E-state index in [1.807, 2.05) is 0 Å². The Kier molecular flexibility index (Phi) is 56.3. The number of allylic oxidation sites excluding steroid dienone is 10. The first kappa shape index (κ1) is 67.1. The molecule has 1 unspecified atom stereocenters. The highest BCUT2D eigenvalue weighted by atomic mass is 16.6. The molecule has 0 spiro atoms. The van der Waals surface area contributed by atoms with Gasteiger partial charge in [-0.1, -0.05) is 287 Å². The van der Waals surface area contributed by atoms with Crippen LogP contribution in [0.25, 0.3) is 0 Å². The van der Waals surface area contributed by atoms with Gasteiger partial charge in [-0.2, -0.15) is 0 Å². The van der Waals surface area contributed by atoms with Gasteiger partial charge >= 0.3 is 17.9 Å². The van der Waals surface area contributed by atoms with Crippen LogP contribution >= 0.6 is 0 Å². The highest BCUT2D eigenvalue weighted by Crippen LogP contribution is 2.17. The summed E-state index contributed by atoms with van der Waals surface area (Å²) in [6.45, 7) is 6.53. The summed E-state index contributed by atoms with van der Waals surface area (Å²) in [6.07, 6.45) is 73.8. The molecule has 0 aliphatic rings. The maximum Gasteiger partial charge on any atom is 0.306 e. The molecule has 6 nitrogen and oxygen atoms in total. The van der Waals surface area contributed by atoms with Crippen LogP contribution in [0.1, 0.15) is 310 Å². The van der Waals surface area contributed by atoms with Crippen molar-refractivity contribution in [2.24, 2.45) is 0 Å². The van der Waals surface area contributed by atoms with E-state index in [2.05, 4.69) is 81.5 Å². The fourth-order valence-corrected chi connectivity index (χ4v) is 8.77. The minimum Gasteiger partial charge on any atom is -0.462 e. The number of unbranched alkanes of at least 4 members (excludes halogenated alkanes) is 34. The molecule has 0 aliphatic heterocycles. The fraction of sp³-hybridized carbons (Fsp3) is 0.797. The average Bonchev–Trinajstić information content (AvgIpc) is 3.36. The zero-order valence-corrected chi connectivity index (χ0v) is 46.5. The van der Waals surface area contributed by atoms with E-state index in [1.54, 1.807) is 0 Å². The lowest BCUT2D eigenvalue weighted by molar-refractivity contribution is -0.167. The van der Waals surface area contributed by atoms with E-state index in [0.29, 0.717) is 19.3 Å². The molecule has 0 rings (SSSR count). The number of carbonyl (C=O) groups excluding carboxylic acids is 3. The van der Waals surface area contributed by atoms with Crippen LogP contribution in [-0.2, 0) is 28.6 Å². The summed E-state index contributed by atoms with van der Waals surface area (Å²) in [5, 5.41) is 0. The predicted molar refractivity (Wildman–Crippen MR) is 302 cm³/mol. The van der Waals surface area contributed by atoms with Crippen molar-refractivity contribution in [3.8, 4) is 0 Å². The fourth-order valence-electron chi connectivity index (χ4n) is 8.77. The SMILES string of the molecule is CC/C=C\C/C=C\C/C=C\C/C=C\C/C=C\CCCCCCCCCCCCCCCC(=O)OCC(COC(=O)CCCCCCCCCC)OC(=O)CCCCCCCCCCCCCCCCC. The monoisotopic (exact) mass is 979 g/mol. The Morgan fingerprint density at radius 3 is 0.871 bits per heavy atom. The van der Waals surface area contributed by atoms with Crippen LogP contribution in [0.5, 0.6) is 0 Å². The normalized spacial score (nSPS) is 12.4. The lowest BCUT2D eigenvalue weighted by atomic mass is 10.0. The van der Waals surface area contributed by atoms with Gasteiger partial charge in [0.05, 0.1) is 0 Å². The summed E-state index contributed by atoms with van der Waals surface area (Å²) in [5.41, 5.74) is 0. The molecule has 6 heteroatoms. The minimum atomic E-state index is -0.768. The lowest BCUT2D eigenvalue weighted by Gasteiger charge is -2.18. The first-order valence-electron chi connectivity index (χ1n) is 30.3. The van der Waals surface area contributed by atoms with Crippen molar-refractivity contribution in [2.45, 2.75) is 316 Å². The molecular weight excluding hydrogens is 865 g/mol. The summed E-state index contributed by atoms with van der Waals surface area (Å²) in [5.74, 6) is -0.860. The highest BCUT2D eigenvalue weighted by Gasteiger charge is 2.19. The molecule has 0 aromatic carbocycles. The third kappa shape index (κ3) is 56.0. The van der Waals surface area contributed by atoms with E-state index in [9.17, 15) is 14.4 Å². The number of hydrogen-bond donors (Lipinski definition) is 0. The van der Waals surface area contributed by atoms with Gasteiger partial charge in [0, 0.05) is 19.3 Å². The third-order valence-corrected chi connectivity index (χ3v) is 13.3. The number of ether oxygens (including phenoxy) is 3. The van der Waals surface area contributed by atoms with Crippen molar-refractivity contribution >= 4 is 17.9 Å². The average molecular weight is 980 g/mol.